The summed E-state index contributed by atoms with van der Waals surface area (Å²) in [6.07, 6.45) is 5.42. The van der Waals surface area contributed by atoms with Crippen LogP contribution in [0.15, 0.2) is 47.0 Å². The van der Waals surface area contributed by atoms with Crippen molar-refractivity contribution >= 4 is 21.8 Å². The number of allylic oxidation sites excluding steroid dienone is 2. The summed E-state index contributed by atoms with van der Waals surface area (Å²) in [4.78, 5) is 5.46. The molecule has 1 atom stereocenters. The molecule has 0 saturated carbocycles. The van der Waals surface area contributed by atoms with Crippen molar-refractivity contribution in [2.75, 3.05) is 23.6 Å². The highest BCUT2D eigenvalue weighted by molar-refractivity contribution is 8.41. The molecule has 0 amide bonds. The standard InChI is InChI=1S/C24H38FN7S/c1-17(2)29-22-13-19(11-12-26-22)9-10-20-15-33(20,8)32(25)28-16-27-23-14-21(24(5,6)7)30-31(23)18(3)4/h11-15,18,27-28H,1,9-10,16H2,2-8H3,(H,26,29). The van der Waals surface area contributed by atoms with E-state index in [9.17, 15) is 4.48 Å². The second-order valence-corrected chi connectivity index (χ2v) is 12.9. The molecular weight excluding hydrogens is 437 g/mol. The van der Waals surface area contributed by atoms with Gasteiger partial charge in [-0.1, -0.05) is 37.6 Å². The first-order valence-electron chi connectivity index (χ1n) is 11.3. The molecule has 3 heterocycles. The molecule has 2 aromatic rings. The van der Waals surface area contributed by atoms with Crippen LogP contribution in [-0.2, 0) is 11.8 Å². The molecule has 0 radical (unpaired) electrons. The average Bonchev–Trinajstić information content (AvgIpc) is 3.17. The van der Waals surface area contributed by atoms with Crippen LogP contribution < -0.4 is 16.1 Å². The molecule has 2 aromatic heterocycles. The number of hydrogen-bond acceptors (Lipinski definition) is 6. The second-order valence-electron chi connectivity index (χ2n) is 9.94. The van der Waals surface area contributed by atoms with Gasteiger partial charge >= 0.3 is 0 Å². The van der Waals surface area contributed by atoms with Crippen LogP contribution in [0.3, 0.4) is 0 Å². The summed E-state index contributed by atoms with van der Waals surface area (Å²) in [6.45, 7) is 16.6. The van der Waals surface area contributed by atoms with Gasteiger partial charge in [-0.25, -0.2) is 9.67 Å². The van der Waals surface area contributed by atoms with E-state index < -0.39 is 10.2 Å². The lowest BCUT2D eigenvalue weighted by molar-refractivity contribution is 0.0935. The van der Waals surface area contributed by atoms with Crippen LogP contribution in [0.4, 0.5) is 16.1 Å². The molecule has 0 aromatic carbocycles. The first-order valence-corrected chi connectivity index (χ1v) is 13.4. The maximum atomic E-state index is 14.9. The van der Waals surface area contributed by atoms with Crippen molar-refractivity contribution in [2.24, 2.45) is 0 Å². The average molecular weight is 476 g/mol. The molecule has 182 valence electrons. The Kier molecular flexibility index (Phi) is 7.55. The zero-order valence-corrected chi connectivity index (χ0v) is 21.7. The number of rotatable bonds is 11. The van der Waals surface area contributed by atoms with Gasteiger partial charge in [0.05, 0.1) is 12.4 Å². The van der Waals surface area contributed by atoms with Gasteiger partial charge in [-0.3, -0.25) is 0 Å². The van der Waals surface area contributed by atoms with E-state index in [1.165, 1.54) is 5.56 Å². The third kappa shape index (κ3) is 6.37. The summed E-state index contributed by atoms with van der Waals surface area (Å²) in [6, 6.07) is 6.27. The lowest BCUT2D eigenvalue weighted by Gasteiger charge is -2.26. The van der Waals surface area contributed by atoms with Gasteiger partial charge < -0.3 is 10.6 Å². The molecular formula is C24H38FN7S. The van der Waals surface area contributed by atoms with Crippen molar-refractivity contribution in [3.63, 3.8) is 0 Å². The molecule has 1 aliphatic heterocycles. The van der Waals surface area contributed by atoms with Crippen LogP contribution in [0.1, 0.15) is 65.3 Å². The lowest BCUT2D eigenvalue weighted by Crippen LogP contribution is -2.34. The highest BCUT2D eigenvalue weighted by Gasteiger charge is 2.40. The minimum Gasteiger partial charge on any atom is -0.356 e. The molecule has 3 rings (SSSR count). The Labute approximate surface area is 198 Å². The van der Waals surface area contributed by atoms with Crippen LogP contribution in [0.25, 0.3) is 0 Å². The number of hydrogen-bond donors (Lipinski definition) is 3. The van der Waals surface area contributed by atoms with E-state index in [1.54, 1.807) is 6.20 Å². The largest absolute Gasteiger partial charge is 0.356 e. The van der Waals surface area contributed by atoms with Crippen LogP contribution >= 0.6 is 10.2 Å². The first-order chi connectivity index (χ1) is 15.4. The summed E-state index contributed by atoms with van der Waals surface area (Å²) in [5, 5.41) is 13.2. The van der Waals surface area contributed by atoms with E-state index in [4.69, 9.17) is 5.10 Å². The third-order valence-electron chi connectivity index (χ3n) is 5.46. The number of nitrogens with zero attached hydrogens (tertiary/aromatic N) is 4. The highest BCUT2D eigenvalue weighted by Crippen LogP contribution is 2.70. The quantitative estimate of drug-likeness (QED) is 0.210. The molecule has 0 bridgehead atoms. The fraction of sp³-hybridized carbons (Fsp3) is 0.500. The van der Waals surface area contributed by atoms with Crippen molar-refractivity contribution in [3.05, 3.63) is 58.2 Å². The number of pyridine rings is 1. The summed E-state index contributed by atoms with van der Waals surface area (Å²) < 4.78 is 17.7. The van der Waals surface area contributed by atoms with Gasteiger partial charge in [-0.2, -0.15) is 10.5 Å². The predicted octanol–water partition coefficient (Wildman–Crippen LogP) is 6.00. The number of anilines is 2. The minimum absolute atomic E-state index is 0.0449. The van der Waals surface area contributed by atoms with Crippen molar-refractivity contribution in [3.8, 4) is 0 Å². The molecule has 0 aliphatic carbocycles. The SMILES string of the molecule is C=C(C)Nc1cc(CCC2=CS2(C)N(F)NCNc2cc(C(C)(C)C)nn2C(C)C)ccn1. The Bertz CT molecular complexity index is 1020. The van der Waals surface area contributed by atoms with Gasteiger partial charge in [0.2, 0.25) is 0 Å². The van der Waals surface area contributed by atoms with E-state index in [0.717, 1.165) is 45.4 Å². The Morgan fingerprint density at radius 2 is 2.00 bits per heavy atom. The second kappa shape index (κ2) is 9.87. The van der Waals surface area contributed by atoms with Gasteiger partial charge in [-0.15, -0.1) is 4.48 Å². The fourth-order valence-electron chi connectivity index (χ4n) is 3.44. The van der Waals surface area contributed by atoms with E-state index >= 15 is 0 Å². The normalized spacial score (nSPS) is 19.9. The smallest absolute Gasteiger partial charge is 0.130 e. The summed E-state index contributed by atoms with van der Waals surface area (Å²) in [5.41, 5.74) is 5.86. The molecule has 0 spiro atoms. The van der Waals surface area contributed by atoms with E-state index in [0.29, 0.717) is 0 Å². The fourth-order valence-corrected chi connectivity index (χ4v) is 5.59. The third-order valence-corrected chi connectivity index (χ3v) is 8.13. The van der Waals surface area contributed by atoms with Crippen LogP contribution in [0.2, 0.25) is 0 Å². The molecule has 9 heteroatoms. The number of aromatic nitrogens is 3. The van der Waals surface area contributed by atoms with Crippen LogP contribution in [-0.4, -0.2) is 32.3 Å². The van der Waals surface area contributed by atoms with Crippen molar-refractivity contribution < 1.29 is 4.48 Å². The Morgan fingerprint density at radius 3 is 2.64 bits per heavy atom. The predicted molar refractivity (Wildman–Crippen MR) is 138 cm³/mol. The Balaban J connectivity index is 1.50. The first kappa shape index (κ1) is 25.3. The van der Waals surface area contributed by atoms with Crippen molar-refractivity contribution in [2.45, 2.75) is 65.8 Å². The number of hydrazine groups is 1. The van der Waals surface area contributed by atoms with Gasteiger partial charge in [0, 0.05) is 29.4 Å². The maximum Gasteiger partial charge on any atom is 0.130 e. The highest BCUT2D eigenvalue weighted by atomic mass is 32.3. The van der Waals surface area contributed by atoms with E-state index in [1.807, 2.05) is 41.5 Å². The summed E-state index contributed by atoms with van der Waals surface area (Å²) >= 11 is 0. The molecule has 7 nitrogen and oxygen atoms in total. The van der Waals surface area contributed by atoms with Crippen molar-refractivity contribution in [1.82, 2.24) is 24.8 Å². The summed E-state index contributed by atoms with van der Waals surface area (Å²) in [5.74, 6) is 1.67. The molecule has 1 unspecified atom stereocenters. The van der Waals surface area contributed by atoms with Crippen molar-refractivity contribution in [1.29, 1.82) is 0 Å². The van der Waals surface area contributed by atoms with Crippen LogP contribution in [0.5, 0.6) is 0 Å². The minimum atomic E-state index is -1.65. The zero-order valence-electron chi connectivity index (χ0n) is 20.9. The van der Waals surface area contributed by atoms with E-state index in [-0.39, 0.29) is 18.1 Å². The number of nitrogens with one attached hydrogen (secondary N) is 3. The molecule has 3 N–H and O–H groups in total. The molecule has 0 fully saturated rings. The molecule has 0 saturated heterocycles. The van der Waals surface area contributed by atoms with Gasteiger partial charge in [0.15, 0.2) is 0 Å². The number of halogens is 1. The molecule has 33 heavy (non-hydrogen) atoms. The number of aryl methyl sites for hydroxylation is 1. The van der Waals surface area contributed by atoms with Gasteiger partial charge in [0.1, 0.15) is 11.6 Å². The van der Waals surface area contributed by atoms with E-state index in [2.05, 4.69) is 62.2 Å². The zero-order chi connectivity index (χ0) is 24.4. The topological polar surface area (TPSA) is 70.0 Å². The Morgan fingerprint density at radius 1 is 1.27 bits per heavy atom. The van der Waals surface area contributed by atoms with Crippen LogP contribution in [0, 0.1) is 0 Å². The Hall–Kier alpha value is -2.36. The summed E-state index contributed by atoms with van der Waals surface area (Å²) in [7, 11) is -1.65. The van der Waals surface area contributed by atoms with Gasteiger partial charge in [0.25, 0.3) is 0 Å². The maximum absolute atomic E-state index is 14.9. The molecule has 1 aliphatic rings. The lowest BCUT2D eigenvalue weighted by atomic mass is 9.92. The van der Waals surface area contributed by atoms with Gasteiger partial charge in [-0.05, 0) is 72.5 Å². The monoisotopic (exact) mass is 475 g/mol.